The minimum absolute atomic E-state index is 0.414. The van der Waals surface area contributed by atoms with Crippen molar-refractivity contribution in [1.82, 2.24) is 0 Å². The van der Waals surface area contributed by atoms with Crippen LogP contribution in [0.2, 0.25) is 0 Å². The van der Waals surface area contributed by atoms with Gasteiger partial charge in [0.25, 0.3) is 0 Å². The van der Waals surface area contributed by atoms with E-state index in [1.807, 2.05) is 24.3 Å². The van der Waals surface area contributed by atoms with Gasteiger partial charge in [0.15, 0.2) is 0 Å². The molecule has 0 spiro atoms. The predicted molar refractivity (Wildman–Crippen MR) is 79.6 cm³/mol. The second kappa shape index (κ2) is 6.85. The molecule has 112 valence electrons. The van der Waals surface area contributed by atoms with Crippen LogP contribution in [-0.4, -0.2) is 13.2 Å². The highest BCUT2D eigenvalue weighted by atomic mass is 79.9. The Morgan fingerprint density at radius 2 is 1.76 bits per heavy atom. The molecule has 2 nitrogen and oxygen atoms in total. The second-order valence-electron chi connectivity index (χ2n) is 4.31. The van der Waals surface area contributed by atoms with Crippen LogP contribution in [0.3, 0.4) is 0 Å². The molecule has 6 heteroatoms. The third-order valence-electron chi connectivity index (χ3n) is 2.71. The van der Waals surface area contributed by atoms with E-state index in [-0.39, 0.29) is 0 Å². The standard InChI is InChI=1S/C15H13BrF3NO/c16-12-2-1-3-14(10-12)21-9-8-20-13-6-4-11(5-7-13)15(17,18)19/h1-7,10,20H,8-9H2. The Labute approximate surface area is 129 Å². The van der Waals surface area contributed by atoms with Gasteiger partial charge in [0.05, 0.1) is 5.56 Å². The maximum Gasteiger partial charge on any atom is 0.416 e. The third kappa shape index (κ3) is 4.97. The normalized spacial score (nSPS) is 11.2. The summed E-state index contributed by atoms with van der Waals surface area (Å²) in [5.41, 5.74) is -0.0284. The van der Waals surface area contributed by atoms with Crippen molar-refractivity contribution in [3.63, 3.8) is 0 Å². The lowest BCUT2D eigenvalue weighted by atomic mass is 10.2. The Morgan fingerprint density at radius 3 is 2.38 bits per heavy atom. The second-order valence-corrected chi connectivity index (χ2v) is 5.22. The third-order valence-corrected chi connectivity index (χ3v) is 3.20. The zero-order valence-electron chi connectivity index (χ0n) is 11.0. The summed E-state index contributed by atoms with van der Waals surface area (Å²) in [4.78, 5) is 0. The number of ether oxygens (including phenoxy) is 1. The van der Waals surface area contributed by atoms with E-state index in [9.17, 15) is 13.2 Å². The predicted octanol–water partition coefficient (Wildman–Crippen LogP) is 4.96. The first-order valence-electron chi connectivity index (χ1n) is 6.25. The summed E-state index contributed by atoms with van der Waals surface area (Å²) in [6.45, 7) is 0.912. The number of nitrogens with one attached hydrogen (secondary N) is 1. The van der Waals surface area contributed by atoms with E-state index in [1.165, 1.54) is 12.1 Å². The Bertz CT molecular complexity index is 584. The van der Waals surface area contributed by atoms with E-state index < -0.39 is 11.7 Å². The lowest BCUT2D eigenvalue weighted by Gasteiger charge is -2.10. The van der Waals surface area contributed by atoms with E-state index in [1.54, 1.807) is 0 Å². The zero-order chi connectivity index (χ0) is 15.3. The van der Waals surface area contributed by atoms with E-state index >= 15 is 0 Å². The van der Waals surface area contributed by atoms with Crippen molar-refractivity contribution in [2.75, 3.05) is 18.5 Å². The quantitative estimate of drug-likeness (QED) is 0.761. The van der Waals surface area contributed by atoms with Crippen molar-refractivity contribution < 1.29 is 17.9 Å². The number of benzene rings is 2. The highest BCUT2D eigenvalue weighted by molar-refractivity contribution is 9.10. The molecule has 0 bridgehead atoms. The monoisotopic (exact) mass is 359 g/mol. The maximum atomic E-state index is 12.4. The molecule has 0 fully saturated rings. The Kier molecular flexibility index (Phi) is 5.12. The number of anilines is 1. The summed E-state index contributed by atoms with van der Waals surface area (Å²) >= 11 is 3.34. The summed E-state index contributed by atoms with van der Waals surface area (Å²) in [6, 6.07) is 12.4. The van der Waals surface area contributed by atoms with E-state index in [2.05, 4.69) is 21.2 Å². The molecule has 21 heavy (non-hydrogen) atoms. The molecule has 0 aliphatic heterocycles. The van der Waals surface area contributed by atoms with Crippen LogP contribution >= 0.6 is 15.9 Å². The summed E-state index contributed by atoms with van der Waals surface area (Å²) in [5.74, 6) is 0.735. The van der Waals surface area contributed by atoms with Crippen LogP contribution in [0.25, 0.3) is 0 Å². The number of alkyl halides is 3. The molecule has 2 aromatic rings. The summed E-state index contributed by atoms with van der Waals surface area (Å²) in [5, 5.41) is 3.00. The highest BCUT2D eigenvalue weighted by Gasteiger charge is 2.29. The molecule has 0 unspecified atom stereocenters. The van der Waals surface area contributed by atoms with Gasteiger partial charge in [-0.05, 0) is 42.5 Å². The molecule has 0 aliphatic carbocycles. The van der Waals surface area contributed by atoms with Gasteiger partial charge in [-0.1, -0.05) is 22.0 Å². The van der Waals surface area contributed by atoms with Gasteiger partial charge < -0.3 is 10.1 Å². The zero-order valence-corrected chi connectivity index (χ0v) is 12.5. The van der Waals surface area contributed by atoms with Crippen LogP contribution in [0, 0.1) is 0 Å². The topological polar surface area (TPSA) is 21.3 Å². The SMILES string of the molecule is FC(F)(F)c1ccc(NCCOc2cccc(Br)c2)cc1. The smallest absolute Gasteiger partial charge is 0.416 e. The molecule has 2 rings (SSSR count). The fraction of sp³-hybridized carbons (Fsp3) is 0.200. The van der Waals surface area contributed by atoms with E-state index in [0.29, 0.717) is 18.8 Å². The van der Waals surface area contributed by atoms with E-state index in [4.69, 9.17) is 4.74 Å². The molecule has 0 radical (unpaired) electrons. The molecule has 0 aliphatic rings. The Balaban J connectivity index is 1.79. The first kappa shape index (κ1) is 15.7. The Hall–Kier alpha value is -1.69. The van der Waals surface area contributed by atoms with Gasteiger partial charge in [-0.25, -0.2) is 0 Å². The molecular weight excluding hydrogens is 347 g/mol. The van der Waals surface area contributed by atoms with Crippen LogP contribution in [0.1, 0.15) is 5.56 Å². The fourth-order valence-corrected chi connectivity index (χ4v) is 2.08. The van der Waals surface area contributed by atoms with Crippen molar-refractivity contribution >= 4 is 21.6 Å². The molecule has 0 saturated heterocycles. The van der Waals surface area contributed by atoms with Gasteiger partial charge in [0, 0.05) is 16.7 Å². The fourth-order valence-electron chi connectivity index (χ4n) is 1.70. The molecule has 2 aromatic carbocycles. The first-order chi connectivity index (χ1) is 9.95. The lowest BCUT2D eigenvalue weighted by Crippen LogP contribution is -2.12. The van der Waals surface area contributed by atoms with Crippen molar-refractivity contribution in [3.05, 3.63) is 58.6 Å². The number of hydrogen-bond acceptors (Lipinski definition) is 2. The molecule has 0 aromatic heterocycles. The summed E-state index contributed by atoms with van der Waals surface area (Å²) in [6.07, 6.45) is -4.30. The summed E-state index contributed by atoms with van der Waals surface area (Å²) in [7, 11) is 0. The van der Waals surface area contributed by atoms with Crippen LogP contribution < -0.4 is 10.1 Å². The van der Waals surface area contributed by atoms with Crippen LogP contribution in [0.15, 0.2) is 53.0 Å². The first-order valence-corrected chi connectivity index (χ1v) is 7.04. The molecule has 0 amide bonds. The number of hydrogen-bond donors (Lipinski definition) is 1. The Morgan fingerprint density at radius 1 is 1.05 bits per heavy atom. The highest BCUT2D eigenvalue weighted by Crippen LogP contribution is 2.29. The van der Waals surface area contributed by atoms with Crippen molar-refractivity contribution in [1.29, 1.82) is 0 Å². The molecule has 0 atom stereocenters. The van der Waals surface area contributed by atoms with Gasteiger partial charge in [-0.15, -0.1) is 0 Å². The van der Waals surface area contributed by atoms with Gasteiger partial charge in [-0.2, -0.15) is 13.2 Å². The maximum absolute atomic E-state index is 12.4. The molecular formula is C15H13BrF3NO. The van der Waals surface area contributed by atoms with Crippen LogP contribution in [-0.2, 0) is 6.18 Å². The minimum Gasteiger partial charge on any atom is -0.492 e. The van der Waals surface area contributed by atoms with Gasteiger partial charge in [-0.3, -0.25) is 0 Å². The number of halogens is 4. The van der Waals surface area contributed by atoms with Crippen LogP contribution in [0.5, 0.6) is 5.75 Å². The van der Waals surface area contributed by atoms with Gasteiger partial charge >= 0.3 is 6.18 Å². The minimum atomic E-state index is -4.30. The molecule has 1 N–H and O–H groups in total. The molecule has 0 heterocycles. The molecule has 0 saturated carbocycles. The van der Waals surface area contributed by atoms with E-state index in [0.717, 1.165) is 22.4 Å². The van der Waals surface area contributed by atoms with Crippen molar-refractivity contribution in [2.24, 2.45) is 0 Å². The van der Waals surface area contributed by atoms with Crippen LogP contribution in [0.4, 0.5) is 18.9 Å². The average Bonchev–Trinajstić information content (AvgIpc) is 2.43. The van der Waals surface area contributed by atoms with Gasteiger partial charge in [0.1, 0.15) is 12.4 Å². The summed E-state index contributed by atoms with van der Waals surface area (Å²) < 4.78 is 43.6. The average molecular weight is 360 g/mol. The van der Waals surface area contributed by atoms with Gasteiger partial charge in [0.2, 0.25) is 0 Å². The van der Waals surface area contributed by atoms with Crippen molar-refractivity contribution in [2.45, 2.75) is 6.18 Å². The number of rotatable bonds is 5. The van der Waals surface area contributed by atoms with Crippen molar-refractivity contribution in [3.8, 4) is 5.75 Å². The lowest BCUT2D eigenvalue weighted by molar-refractivity contribution is -0.137. The largest absolute Gasteiger partial charge is 0.492 e.